The average molecular weight is 291 g/mol. The summed E-state index contributed by atoms with van der Waals surface area (Å²) >= 11 is 11.9. The molecule has 0 saturated carbocycles. The summed E-state index contributed by atoms with van der Waals surface area (Å²) in [7, 11) is 0. The van der Waals surface area contributed by atoms with Crippen LogP contribution >= 0.6 is 23.2 Å². The van der Waals surface area contributed by atoms with Crippen LogP contribution in [0.5, 0.6) is 0 Å². The maximum absolute atomic E-state index is 6.03. The molecule has 3 rings (SSSR count). The van der Waals surface area contributed by atoms with Crippen molar-refractivity contribution < 1.29 is 0 Å². The van der Waals surface area contributed by atoms with Crippen LogP contribution in [-0.4, -0.2) is 20.0 Å². The average Bonchev–Trinajstić information content (AvgIpc) is 2.92. The summed E-state index contributed by atoms with van der Waals surface area (Å²) in [6, 6.07) is 9.12. The van der Waals surface area contributed by atoms with Crippen LogP contribution in [0.2, 0.25) is 10.0 Å². The number of aromatic nitrogens is 4. The number of halogens is 2. The van der Waals surface area contributed by atoms with E-state index in [-0.39, 0.29) is 0 Å². The lowest BCUT2D eigenvalue weighted by atomic mass is 10.2. The van der Waals surface area contributed by atoms with E-state index in [1.54, 1.807) is 35.4 Å². The minimum Gasteiger partial charge on any atom is -0.265 e. The highest BCUT2D eigenvalue weighted by molar-refractivity contribution is 6.42. The van der Waals surface area contributed by atoms with Crippen molar-refractivity contribution in [1.82, 2.24) is 20.0 Å². The van der Waals surface area contributed by atoms with Gasteiger partial charge in [-0.05, 0) is 30.3 Å². The first-order valence-corrected chi connectivity index (χ1v) is 6.28. The van der Waals surface area contributed by atoms with Gasteiger partial charge in [0.1, 0.15) is 0 Å². The number of pyridine rings is 1. The molecule has 0 atom stereocenters. The molecule has 2 aromatic heterocycles. The second-order valence-corrected chi connectivity index (χ2v) is 4.68. The summed E-state index contributed by atoms with van der Waals surface area (Å²) in [4.78, 5) is 3.99. The van der Waals surface area contributed by atoms with Crippen molar-refractivity contribution in [3.05, 3.63) is 59.0 Å². The number of nitrogens with zero attached hydrogens (tertiary/aromatic N) is 4. The van der Waals surface area contributed by atoms with E-state index in [1.807, 2.05) is 18.2 Å². The van der Waals surface area contributed by atoms with Crippen molar-refractivity contribution in [2.45, 2.75) is 0 Å². The standard InChI is InChI=1S/C13H8Cl2N4/c14-11-2-1-10(7-12(11)15)19-13(8-17-18-19)9-3-5-16-6-4-9/h1-8H. The van der Waals surface area contributed by atoms with Gasteiger partial charge in [-0.15, -0.1) is 5.10 Å². The minimum absolute atomic E-state index is 0.482. The molecule has 6 heteroatoms. The van der Waals surface area contributed by atoms with Gasteiger partial charge in [0.2, 0.25) is 0 Å². The van der Waals surface area contributed by atoms with E-state index in [1.165, 1.54) is 0 Å². The van der Waals surface area contributed by atoms with Crippen molar-refractivity contribution in [2.75, 3.05) is 0 Å². The minimum atomic E-state index is 0.482. The van der Waals surface area contributed by atoms with Gasteiger partial charge in [-0.25, -0.2) is 4.68 Å². The molecule has 0 saturated heterocycles. The quantitative estimate of drug-likeness (QED) is 0.724. The molecule has 94 valence electrons. The molecule has 0 bridgehead atoms. The lowest BCUT2D eigenvalue weighted by Gasteiger charge is -2.07. The molecule has 0 aliphatic rings. The largest absolute Gasteiger partial charge is 0.265 e. The van der Waals surface area contributed by atoms with E-state index in [2.05, 4.69) is 15.3 Å². The van der Waals surface area contributed by atoms with E-state index in [0.29, 0.717) is 10.0 Å². The summed E-state index contributed by atoms with van der Waals surface area (Å²) in [5.41, 5.74) is 2.64. The zero-order chi connectivity index (χ0) is 13.2. The number of rotatable bonds is 2. The Morgan fingerprint density at radius 3 is 2.47 bits per heavy atom. The van der Waals surface area contributed by atoms with Gasteiger partial charge >= 0.3 is 0 Å². The van der Waals surface area contributed by atoms with Gasteiger partial charge in [0.05, 0.1) is 27.6 Å². The molecule has 0 spiro atoms. The van der Waals surface area contributed by atoms with E-state index >= 15 is 0 Å². The van der Waals surface area contributed by atoms with Crippen LogP contribution in [0.4, 0.5) is 0 Å². The van der Waals surface area contributed by atoms with Gasteiger partial charge < -0.3 is 0 Å². The van der Waals surface area contributed by atoms with Crippen molar-refractivity contribution in [3.8, 4) is 16.9 Å². The molecule has 3 aromatic rings. The van der Waals surface area contributed by atoms with Gasteiger partial charge in [-0.3, -0.25) is 4.98 Å². The topological polar surface area (TPSA) is 43.6 Å². The van der Waals surface area contributed by atoms with Crippen LogP contribution in [0.15, 0.2) is 48.9 Å². The van der Waals surface area contributed by atoms with Crippen molar-refractivity contribution in [1.29, 1.82) is 0 Å². The molecule has 0 radical (unpaired) electrons. The molecule has 0 unspecified atom stereocenters. The molecular weight excluding hydrogens is 283 g/mol. The Balaban J connectivity index is 2.12. The van der Waals surface area contributed by atoms with E-state index in [4.69, 9.17) is 23.2 Å². The van der Waals surface area contributed by atoms with Crippen LogP contribution in [0.25, 0.3) is 16.9 Å². The van der Waals surface area contributed by atoms with Gasteiger partial charge in [0.25, 0.3) is 0 Å². The Morgan fingerprint density at radius 1 is 0.947 bits per heavy atom. The van der Waals surface area contributed by atoms with Crippen LogP contribution in [0.1, 0.15) is 0 Å². The molecule has 4 nitrogen and oxygen atoms in total. The van der Waals surface area contributed by atoms with Crippen molar-refractivity contribution >= 4 is 23.2 Å². The van der Waals surface area contributed by atoms with Crippen LogP contribution in [0.3, 0.4) is 0 Å². The highest BCUT2D eigenvalue weighted by Gasteiger charge is 2.09. The molecule has 0 aliphatic heterocycles. The van der Waals surface area contributed by atoms with Crippen LogP contribution in [-0.2, 0) is 0 Å². The lowest BCUT2D eigenvalue weighted by molar-refractivity contribution is 0.808. The number of hydrogen-bond donors (Lipinski definition) is 0. The molecule has 0 aliphatic carbocycles. The fourth-order valence-electron chi connectivity index (χ4n) is 1.76. The maximum Gasteiger partial charge on any atom is 0.0945 e. The van der Waals surface area contributed by atoms with Crippen LogP contribution in [0, 0.1) is 0 Å². The third-order valence-electron chi connectivity index (χ3n) is 2.67. The maximum atomic E-state index is 6.03. The zero-order valence-corrected chi connectivity index (χ0v) is 11.2. The van der Waals surface area contributed by atoms with Gasteiger partial charge in [0.15, 0.2) is 0 Å². The normalized spacial score (nSPS) is 10.6. The van der Waals surface area contributed by atoms with Gasteiger partial charge in [0, 0.05) is 18.0 Å². The Hall–Kier alpha value is -1.91. The van der Waals surface area contributed by atoms with E-state index < -0.39 is 0 Å². The predicted octanol–water partition coefficient (Wildman–Crippen LogP) is 3.64. The number of hydrogen-bond acceptors (Lipinski definition) is 3. The summed E-state index contributed by atoms with van der Waals surface area (Å²) < 4.78 is 1.71. The van der Waals surface area contributed by atoms with Gasteiger partial charge in [-0.1, -0.05) is 28.4 Å². The monoisotopic (exact) mass is 290 g/mol. The third-order valence-corrected chi connectivity index (χ3v) is 3.41. The number of benzene rings is 1. The predicted molar refractivity (Wildman–Crippen MR) is 74.6 cm³/mol. The summed E-state index contributed by atoms with van der Waals surface area (Å²) in [5.74, 6) is 0. The molecule has 2 heterocycles. The first-order chi connectivity index (χ1) is 9.25. The molecule has 0 fully saturated rings. The first-order valence-electron chi connectivity index (χ1n) is 5.52. The van der Waals surface area contributed by atoms with Crippen molar-refractivity contribution in [2.24, 2.45) is 0 Å². The third kappa shape index (κ3) is 2.32. The first kappa shape index (κ1) is 12.1. The Labute approximate surface area is 119 Å². The highest BCUT2D eigenvalue weighted by atomic mass is 35.5. The van der Waals surface area contributed by atoms with E-state index in [0.717, 1.165) is 16.9 Å². The fraction of sp³-hybridized carbons (Fsp3) is 0. The molecular formula is C13H8Cl2N4. The Bertz CT molecular complexity index is 710. The lowest BCUT2D eigenvalue weighted by Crippen LogP contribution is -1.99. The smallest absolute Gasteiger partial charge is 0.0945 e. The SMILES string of the molecule is Clc1ccc(-n2nncc2-c2ccncc2)cc1Cl. The summed E-state index contributed by atoms with van der Waals surface area (Å²) in [6.45, 7) is 0. The molecule has 0 amide bonds. The Morgan fingerprint density at radius 2 is 1.74 bits per heavy atom. The fourth-order valence-corrected chi connectivity index (χ4v) is 2.05. The molecule has 19 heavy (non-hydrogen) atoms. The van der Waals surface area contributed by atoms with Gasteiger partial charge in [-0.2, -0.15) is 0 Å². The highest BCUT2D eigenvalue weighted by Crippen LogP contribution is 2.26. The zero-order valence-electron chi connectivity index (χ0n) is 9.66. The molecule has 1 aromatic carbocycles. The van der Waals surface area contributed by atoms with Crippen LogP contribution < -0.4 is 0 Å². The second kappa shape index (κ2) is 4.99. The summed E-state index contributed by atoms with van der Waals surface area (Å²) in [6.07, 6.45) is 5.14. The summed E-state index contributed by atoms with van der Waals surface area (Å²) in [5, 5.41) is 9.01. The second-order valence-electron chi connectivity index (χ2n) is 3.87. The van der Waals surface area contributed by atoms with Crippen molar-refractivity contribution in [3.63, 3.8) is 0 Å². The van der Waals surface area contributed by atoms with E-state index in [9.17, 15) is 0 Å². The Kier molecular flexibility index (Phi) is 3.19. The molecule has 0 N–H and O–H groups in total.